The molecule has 2 heterocycles. The van der Waals surface area contributed by atoms with Crippen LogP contribution in [0.25, 0.3) is 0 Å². The highest BCUT2D eigenvalue weighted by Crippen LogP contribution is 2.37. The number of rotatable bonds is 7. The van der Waals surface area contributed by atoms with Gasteiger partial charge in [0.1, 0.15) is 10.8 Å². The maximum atomic E-state index is 12.4. The fraction of sp³-hybridized carbons (Fsp3) is 0.455. The van der Waals surface area contributed by atoms with E-state index in [1.165, 1.54) is 16.9 Å². The molecular weight excluding hydrogens is 386 g/mol. The van der Waals surface area contributed by atoms with Crippen molar-refractivity contribution in [3.05, 3.63) is 45.8 Å². The highest BCUT2D eigenvalue weighted by Gasteiger charge is 2.28. The summed E-state index contributed by atoms with van der Waals surface area (Å²) in [6, 6.07) is 8.15. The second-order valence-corrected chi connectivity index (χ2v) is 9.05. The minimum atomic E-state index is -0.499. The summed E-state index contributed by atoms with van der Waals surface area (Å²) in [6.07, 6.45) is 0.761. The van der Waals surface area contributed by atoms with Crippen LogP contribution in [0, 0.1) is 0 Å². The summed E-state index contributed by atoms with van der Waals surface area (Å²) in [4.78, 5) is 27.9. The van der Waals surface area contributed by atoms with Crippen molar-refractivity contribution in [2.24, 2.45) is 5.73 Å². The van der Waals surface area contributed by atoms with Gasteiger partial charge in [-0.25, -0.2) is 0 Å². The van der Waals surface area contributed by atoms with Gasteiger partial charge in [-0.1, -0.05) is 26.0 Å². The molecule has 1 aromatic heterocycles. The average Bonchev–Trinajstić information content (AvgIpc) is 3.03. The van der Waals surface area contributed by atoms with Gasteiger partial charge in [0, 0.05) is 24.0 Å². The third-order valence-corrected chi connectivity index (χ3v) is 6.36. The van der Waals surface area contributed by atoms with Gasteiger partial charge < -0.3 is 15.8 Å². The first-order valence-corrected chi connectivity index (χ1v) is 10.8. The number of fused-ring (bicyclic) bond motifs is 1. The first-order valence-electron chi connectivity index (χ1n) is 9.97. The Morgan fingerprint density at radius 2 is 1.90 bits per heavy atom. The van der Waals surface area contributed by atoms with E-state index in [0.717, 1.165) is 30.0 Å². The van der Waals surface area contributed by atoms with Crippen LogP contribution in [0.4, 0.5) is 5.00 Å². The Balaban J connectivity index is 1.67. The lowest BCUT2D eigenvalue weighted by atomic mass is 10.0. The van der Waals surface area contributed by atoms with Crippen LogP contribution < -0.4 is 15.8 Å². The van der Waals surface area contributed by atoms with E-state index < -0.39 is 5.91 Å². The van der Waals surface area contributed by atoms with Gasteiger partial charge in [-0.2, -0.15) is 0 Å². The summed E-state index contributed by atoms with van der Waals surface area (Å²) < 4.78 is 5.59. The number of nitrogens with two attached hydrogens (primary N) is 1. The van der Waals surface area contributed by atoms with E-state index in [4.69, 9.17) is 10.5 Å². The summed E-state index contributed by atoms with van der Waals surface area (Å²) >= 11 is 1.44. The number of benzene rings is 1. The molecule has 0 fully saturated rings. The second kappa shape index (κ2) is 8.97. The monoisotopic (exact) mass is 415 g/mol. The number of hydrogen-bond donors (Lipinski definition) is 2. The van der Waals surface area contributed by atoms with E-state index in [9.17, 15) is 9.59 Å². The van der Waals surface area contributed by atoms with Crippen molar-refractivity contribution in [1.29, 1.82) is 0 Å². The van der Waals surface area contributed by atoms with Gasteiger partial charge in [0.25, 0.3) is 11.8 Å². The Labute approximate surface area is 176 Å². The molecule has 2 amide bonds. The normalized spacial score (nSPS) is 14.1. The maximum absolute atomic E-state index is 12.4. The summed E-state index contributed by atoms with van der Waals surface area (Å²) in [6.45, 7) is 10.1. The molecule has 0 saturated carbocycles. The van der Waals surface area contributed by atoms with Gasteiger partial charge in [-0.3, -0.25) is 14.5 Å². The number of carbonyl (C=O) groups is 2. The molecule has 7 heteroatoms. The zero-order chi connectivity index (χ0) is 21.1. The first-order chi connectivity index (χ1) is 13.8. The summed E-state index contributed by atoms with van der Waals surface area (Å²) in [5.74, 6) is 0.273. The van der Waals surface area contributed by atoms with Crippen LogP contribution in [-0.2, 0) is 17.8 Å². The quantitative estimate of drug-likeness (QED) is 0.721. The van der Waals surface area contributed by atoms with E-state index >= 15 is 0 Å². The molecule has 2 aromatic rings. The van der Waals surface area contributed by atoms with Gasteiger partial charge in [0.2, 0.25) is 0 Å². The van der Waals surface area contributed by atoms with Crippen molar-refractivity contribution in [2.75, 3.05) is 18.5 Å². The molecule has 0 bridgehead atoms. The number of amides is 2. The van der Waals surface area contributed by atoms with E-state index in [2.05, 4.69) is 37.9 Å². The van der Waals surface area contributed by atoms with Crippen molar-refractivity contribution >= 4 is 28.2 Å². The van der Waals surface area contributed by atoms with Crippen molar-refractivity contribution < 1.29 is 14.3 Å². The molecular formula is C22H29N3O3S. The molecule has 0 aliphatic carbocycles. The molecule has 3 N–H and O–H groups in total. The van der Waals surface area contributed by atoms with E-state index in [0.29, 0.717) is 28.3 Å². The maximum Gasteiger partial charge on any atom is 0.262 e. The Bertz CT molecular complexity index is 887. The van der Waals surface area contributed by atoms with Crippen molar-refractivity contribution in [3.63, 3.8) is 0 Å². The number of nitrogens with one attached hydrogen (secondary N) is 1. The van der Waals surface area contributed by atoms with E-state index in [1.807, 2.05) is 24.3 Å². The largest absolute Gasteiger partial charge is 0.484 e. The van der Waals surface area contributed by atoms with Crippen molar-refractivity contribution in [3.8, 4) is 5.75 Å². The first kappa shape index (κ1) is 21.3. The zero-order valence-corrected chi connectivity index (χ0v) is 18.3. The van der Waals surface area contributed by atoms with Crippen LogP contribution in [0.5, 0.6) is 5.75 Å². The van der Waals surface area contributed by atoms with Gasteiger partial charge in [0.15, 0.2) is 6.61 Å². The second-order valence-electron chi connectivity index (χ2n) is 7.95. The molecule has 1 aromatic carbocycles. The highest BCUT2D eigenvalue weighted by atomic mass is 32.1. The van der Waals surface area contributed by atoms with Crippen LogP contribution in [0.15, 0.2) is 24.3 Å². The number of carbonyl (C=O) groups excluding carboxylic acids is 2. The average molecular weight is 416 g/mol. The summed E-state index contributed by atoms with van der Waals surface area (Å²) in [5, 5.41) is 3.35. The highest BCUT2D eigenvalue weighted by molar-refractivity contribution is 7.17. The van der Waals surface area contributed by atoms with Crippen molar-refractivity contribution in [2.45, 2.75) is 52.6 Å². The topological polar surface area (TPSA) is 84.7 Å². The molecule has 0 radical (unpaired) electrons. The van der Waals surface area contributed by atoms with Crippen LogP contribution in [0.1, 0.15) is 60.0 Å². The Kier molecular flexibility index (Phi) is 6.59. The number of primary amides is 1. The number of ether oxygens (including phenoxy) is 1. The fourth-order valence-electron chi connectivity index (χ4n) is 3.47. The minimum absolute atomic E-state index is 0.125. The van der Waals surface area contributed by atoms with Gasteiger partial charge >= 0.3 is 0 Å². The summed E-state index contributed by atoms with van der Waals surface area (Å²) in [5.41, 5.74) is 8.26. The van der Waals surface area contributed by atoms with Crippen LogP contribution in [-0.4, -0.2) is 35.9 Å². The number of anilines is 1. The van der Waals surface area contributed by atoms with E-state index in [-0.39, 0.29) is 12.5 Å². The smallest absolute Gasteiger partial charge is 0.262 e. The number of hydrogen-bond acceptors (Lipinski definition) is 5. The predicted octanol–water partition coefficient (Wildman–Crippen LogP) is 3.75. The van der Waals surface area contributed by atoms with Gasteiger partial charge in [-0.05, 0) is 49.4 Å². The van der Waals surface area contributed by atoms with E-state index in [1.54, 1.807) is 0 Å². The summed E-state index contributed by atoms with van der Waals surface area (Å²) in [7, 11) is 0. The van der Waals surface area contributed by atoms with Gasteiger partial charge in [-0.15, -0.1) is 11.3 Å². The molecule has 1 aliphatic rings. The third-order valence-electron chi connectivity index (χ3n) is 5.23. The minimum Gasteiger partial charge on any atom is -0.484 e. The molecule has 0 saturated heterocycles. The lowest BCUT2D eigenvalue weighted by Crippen LogP contribution is -2.35. The SMILES string of the molecule is CC(C)c1ccc(OCC(=O)Nc2sc3c(c2C(N)=O)CCN(C(C)C)C3)cc1. The number of thiophene rings is 1. The van der Waals surface area contributed by atoms with Gasteiger partial charge in [0.05, 0.1) is 5.56 Å². The molecule has 6 nitrogen and oxygen atoms in total. The molecule has 0 atom stereocenters. The molecule has 156 valence electrons. The Hall–Kier alpha value is -2.38. The number of nitrogens with zero attached hydrogens (tertiary/aromatic N) is 1. The molecule has 3 rings (SSSR count). The standard InChI is InChI=1S/C22H29N3O3S/c1-13(2)15-5-7-16(8-6-15)28-12-19(26)24-22-20(21(23)27)17-9-10-25(14(3)4)11-18(17)29-22/h5-8,13-14H,9-12H2,1-4H3,(H2,23,27)(H,24,26). The van der Waals surface area contributed by atoms with Crippen LogP contribution >= 0.6 is 11.3 Å². The molecule has 29 heavy (non-hydrogen) atoms. The van der Waals surface area contributed by atoms with Crippen LogP contribution in [0.2, 0.25) is 0 Å². The fourth-order valence-corrected chi connectivity index (χ4v) is 4.77. The predicted molar refractivity (Wildman–Crippen MR) is 117 cm³/mol. The molecule has 1 aliphatic heterocycles. The molecule has 0 unspecified atom stereocenters. The zero-order valence-electron chi connectivity index (χ0n) is 17.5. The lowest BCUT2D eigenvalue weighted by Gasteiger charge is -2.30. The Morgan fingerprint density at radius 1 is 1.21 bits per heavy atom. The van der Waals surface area contributed by atoms with Crippen LogP contribution in [0.3, 0.4) is 0 Å². The molecule has 0 spiro atoms. The lowest BCUT2D eigenvalue weighted by molar-refractivity contribution is -0.118. The van der Waals surface area contributed by atoms with Crippen molar-refractivity contribution in [1.82, 2.24) is 4.90 Å². The third kappa shape index (κ3) is 4.97. The Morgan fingerprint density at radius 3 is 2.48 bits per heavy atom.